The van der Waals surface area contributed by atoms with Gasteiger partial charge in [-0.2, -0.15) is 10.2 Å². The molecule has 8 nitrogen and oxygen atoms in total. The van der Waals surface area contributed by atoms with Crippen LogP contribution in [0.15, 0.2) is 64.8 Å². The zero-order chi connectivity index (χ0) is 20.6. The molecule has 150 valence electrons. The second kappa shape index (κ2) is 10.2. The summed E-state index contributed by atoms with van der Waals surface area (Å²) in [6.45, 7) is 1.33. The smallest absolute Gasteiger partial charge is 0.382 e. The molecule has 0 saturated carbocycles. The molecule has 2 rings (SSSR count). The van der Waals surface area contributed by atoms with Crippen molar-refractivity contribution in [2.24, 2.45) is 10.2 Å². The standard InChI is InChI=1S/C18H21FN3O5P/c1-13(27-28(19,24)25)17(12-26-2)20-18(23)14-8-10-16(11-9-14)22-21-15-6-4-3-5-7-15/h3-11,13,17H,12H2,1-2H3,(H,20,23)(H,24,25)/b22-21+. The third-order valence-electron chi connectivity index (χ3n) is 3.69. The van der Waals surface area contributed by atoms with Gasteiger partial charge in [-0.1, -0.05) is 18.2 Å². The second-order valence-corrected chi connectivity index (χ2v) is 6.99. The van der Waals surface area contributed by atoms with Crippen LogP contribution in [0.5, 0.6) is 0 Å². The molecule has 28 heavy (non-hydrogen) atoms. The summed E-state index contributed by atoms with van der Waals surface area (Å²) in [7, 11) is -3.80. The Kier molecular flexibility index (Phi) is 7.95. The van der Waals surface area contributed by atoms with Gasteiger partial charge >= 0.3 is 7.91 Å². The third kappa shape index (κ3) is 7.28. The summed E-state index contributed by atoms with van der Waals surface area (Å²) in [4.78, 5) is 21.1. The summed E-state index contributed by atoms with van der Waals surface area (Å²) in [6.07, 6.45) is -1.08. The number of amides is 1. The molecule has 0 aliphatic carbocycles. The SMILES string of the molecule is COCC(NC(=O)c1ccc(/N=N/c2ccccc2)cc1)C(C)OP(=O)(O)F. The van der Waals surface area contributed by atoms with E-state index in [4.69, 9.17) is 9.63 Å². The van der Waals surface area contributed by atoms with Crippen LogP contribution >= 0.6 is 7.91 Å². The molecule has 3 atom stereocenters. The lowest BCUT2D eigenvalue weighted by molar-refractivity contribution is 0.0657. The van der Waals surface area contributed by atoms with E-state index in [-0.39, 0.29) is 6.61 Å². The Labute approximate surface area is 162 Å². The molecule has 0 saturated heterocycles. The van der Waals surface area contributed by atoms with E-state index in [0.717, 1.165) is 0 Å². The van der Waals surface area contributed by atoms with Crippen LogP contribution in [0.25, 0.3) is 0 Å². The molecular weight excluding hydrogens is 388 g/mol. The first-order valence-electron chi connectivity index (χ1n) is 8.36. The molecule has 2 aromatic rings. The van der Waals surface area contributed by atoms with Gasteiger partial charge in [-0.3, -0.25) is 14.2 Å². The zero-order valence-electron chi connectivity index (χ0n) is 15.4. The number of hydrogen-bond acceptors (Lipinski definition) is 6. The molecule has 0 heterocycles. The first-order valence-corrected chi connectivity index (χ1v) is 9.83. The number of hydrogen-bond donors (Lipinski definition) is 2. The van der Waals surface area contributed by atoms with Gasteiger partial charge in [0.05, 0.1) is 30.1 Å². The summed E-state index contributed by atoms with van der Waals surface area (Å²) in [6, 6.07) is 14.7. The van der Waals surface area contributed by atoms with Gasteiger partial charge in [0.15, 0.2) is 0 Å². The van der Waals surface area contributed by atoms with Gasteiger partial charge in [0.1, 0.15) is 0 Å². The average Bonchev–Trinajstić information content (AvgIpc) is 2.66. The fourth-order valence-electron chi connectivity index (χ4n) is 2.29. The third-order valence-corrected chi connectivity index (χ3v) is 4.28. The van der Waals surface area contributed by atoms with Crippen molar-refractivity contribution >= 4 is 25.2 Å². The molecule has 0 aromatic heterocycles. The first-order chi connectivity index (χ1) is 13.3. The summed E-state index contributed by atoms with van der Waals surface area (Å²) < 4.78 is 33.0. The predicted molar refractivity (Wildman–Crippen MR) is 102 cm³/mol. The lowest BCUT2D eigenvalue weighted by atomic mass is 10.1. The molecule has 0 aliphatic rings. The number of ether oxygens (including phenoxy) is 1. The Morgan fingerprint density at radius 1 is 1.14 bits per heavy atom. The van der Waals surface area contributed by atoms with Gasteiger partial charge in [0.2, 0.25) is 0 Å². The monoisotopic (exact) mass is 409 g/mol. The quantitative estimate of drug-likeness (QED) is 0.473. The Balaban J connectivity index is 2.02. The van der Waals surface area contributed by atoms with Crippen LogP contribution < -0.4 is 5.32 Å². The van der Waals surface area contributed by atoms with Gasteiger partial charge in [-0.15, -0.1) is 4.20 Å². The Morgan fingerprint density at radius 2 is 1.71 bits per heavy atom. The molecule has 1 amide bonds. The van der Waals surface area contributed by atoms with Crippen molar-refractivity contribution in [3.8, 4) is 0 Å². The summed E-state index contributed by atoms with van der Waals surface area (Å²) in [5.74, 6) is -0.476. The van der Waals surface area contributed by atoms with Gasteiger partial charge in [-0.25, -0.2) is 4.57 Å². The molecule has 0 fully saturated rings. The number of methoxy groups -OCH3 is 1. The maximum atomic E-state index is 12.9. The van der Waals surface area contributed by atoms with Crippen LogP contribution in [0.2, 0.25) is 0 Å². The zero-order valence-corrected chi connectivity index (χ0v) is 16.3. The molecule has 3 unspecified atom stereocenters. The van der Waals surface area contributed by atoms with Gasteiger partial charge < -0.3 is 10.1 Å². The molecule has 2 N–H and O–H groups in total. The number of benzene rings is 2. The van der Waals surface area contributed by atoms with E-state index >= 15 is 0 Å². The van der Waals surface area contributed by atoms with Crippen LogP contribution in [0, 0.1) is 0 Å². The first kappa shape index (κ1) is 21.8. The number of halogens is 1. The van der Waals surface area contributed by atoms with Crippen LogP contribution in [0.4, 0.5) is 15.6 Å². The van der Waals surface area contributed by atoms with Crippen molar-refractivity contribution in [2.45, 2.75) is 19.1 Å². The number of rotatable bonds is 9. The highest BCUT2D eigenvalue weighted by Gasteiger charge is 2.28. The van der Waals surface area contributed by atoms with E-state index in [9.17, 15) is 13.6 Å². The fraction of sp³-hybridized carbons (Fsp3) is 0.278. The van der Waals surface area contributed by atoms with Gasteiger partial charge in [0.25, 0.3) is 5.91 Å². The molecule has 10 heteroatoms. The van der Waals surface area contributed by atoms with Crippen molar-refractivity contribution in [1.29, 1.82) is 0 Å². The van der Waals surface area contributed by atoms with E-state index in [1.54, 1.807) is 24.3 Å². The van der Waals surface area contributed by atoms with Crippen LogP contribution in [-0.2, 0) is 13.8 Å². The van der Waals surface area contributed by atoms with E-state index in [1.807, 2.05) is 30.3 Å². The largest absolute Gasteiger partial charge is 0.510 e. The van der Waals surface area contributed by atoms with Crippen molar-refractivity contribution in [1.82, 2.24) is 5.32 Å². The molecule has 0 aliphatic heterocycles. The highest BCUT2D eigenvalue weighted by molar-refractivity contribution is 7.46. The maximum Gasteiger partial charge on any atom is 0.510 e. The van der Waals surface area contributed by atoms with Crippen LogP contribution in [0.3, 0.4) is 0 Å². The van der Waals surface area contributed by atoms with Crippen molar-refractivity contribution in [3.05, 3.63) is 60.2 Å². The normalized spacial score (nSPS) is 15.7. The highest BCUT2D eigenvalue weighted by atomic mass is 31.2. The van der Waals surface area contributed by atoms with Crippen molar-refractivity contribution < 1.29 is 27.7 Å². The molecule has 0 radical (unpaired) electrons. The van der Waals surface area contributed by atoms with E-state index in [2.05, 4.69) is 20.1 Å². The number of nitrogens with one attached hydrogen (secondary N) is 1. The second-order valence-electron chi connectivity index (χ2n) is 5.88. The number of carbonyl (C=O) groups is 1. The lowest BCUT2D eigenvalue weighted by Gasteiger charge is -2.24. The molecular formula is C18H21FN3O5P. The Morgan fingerprint density at radius 3 is 2.25 bits per heavy atom. The molecule has 0 spiro atoms. The highest BCUT2D eigenvalue weighted by Crippen LogP contribution is 2.45. The van der Waals surface area contributed by atoms with Crippen molar-refractivity contribution in [2.75, 3.05) is 13.7 Å². The fourth-order valence-corrected chi connectivity index (χ4v) is 2.85. The van der Waals surface area contributed by atoms with Gasteiger partial charge in [0, 0.05) is 12.7 Å². The summed E-state index contributed by atoms with van der Waals surface area (Å²) in [5.41, 5.74) is 1.58. The Bertz CT molecular complexity index is 842. The van der Waals surface area contributed by atoms with Gasteiger partial charge in [-0.05, 0) is 43.3 Å². The molecule has 2 aromatic carbocycles. The number of carbonyl (C=O) groups excluding carboxylic acids is 1. The molecule has 0 bridgehead atoms. The van der Waals surface area contributed by atoms with E-state index in [1.165, 1.54) is 14.0 Å². The predicted octanol–water partition coefficient (Wildman–Crippen LogP) is 4.32. The number of nitrogens with zero attached hydrogens (tertiary/aromatic N) is 2. The minimum absolute atomic E-state index is 0.0315. The number of azo groups is 1. The van der Waals surface area contributed by atoms with E-state index < -0.39 is 26.0 Å². The summed E-state index contributed by atoms with van der Waals surface area (Å²) in [5, 5.41) is 10.8. The minimum atomic E-state index is -5.18. The van der Waals surface area contributed by atoms with E-state index in [0.29, 0.717) is 16.9 Å². The average molecular weight is 409 g/mol. The Hall–Kier alpha value is -2.45. The lowest BCUT2D eigenvalue weighted by Crippen LogP contribution is -2.45. The maximum absolute atomic E-state index is 12.9. The minimum Gasteiger partial charge on any atom is -0.382 e. The topological polar surface area (TPSA) is 110 Å². The summed E-state index contributed by atoms with van der Waals surface area (Å²) >= 11 is 0. The van der Waals surface area contributed by atoms with Crippen LogP contribution in [0.1, 0.15) is 17.3 Å². The van der Waals surface area contributed by atoms with Crippen LogP contribution in [-0.4, -0.2) is 36.7 Å². The van der Waals surface area contributed by atoms with Crippen molar-refractivity contribution in [3.63, 3.8) is 0 Å².